The number of carboxylic acid groups (broad SMARTS) is 1. The molecule has 30 heavy (non-hydrogen) atoms. The zero-order chi connectivity index (χ0) is 21.6. The van der Waals surface area contributed by atoms with Gasteiger partial charge in [-0.2, -0.15) is 10.1 Å². The fraction of sp³-hybridized carbons (Fsp3) is 0.429. The molecule has 2 bridgehead atoms. The van der Waals surface area contributed by atoms with Crippen LogP contribution in [0.5, 0.6) is 11.5 Å². The maximum absolute atomic E-state index is 12.7. The lowest BCUT2D eigenvalue weighted by Gasteiger charge is -2.16. The summed E-state index contributed by atoms with van der Waals surface area (Å²) >= 11 is 3.40. The number of aliphatic carboxylic acids is 1. The summed E-state index contributed by atoms with van der Waals surface area (Å²) in [7, 11) is 0. The van der Waals surface area contributed by atoms with Crippen molar-refractivity contribution < 1.29 is 29.0 Å². The maximum atomic E-state index is 12.7. The van der Waals surface area contributed by atoms with E-state index >= 15 is 0 Å². The number of rotatable bonds is 7. The lowest BCUT2D eigenvalue weighted by Crippen LogP contribution is -2.28. The molecule has 2 fully saturated rings. The summed E-state index contributed by atoms with van der Waals surface area (Å²) in [5.74, 6) is -1.36. The summed E-state index contributed by atoms with van der Waals surface area (Å²) in [6.45, 7) is 3.56. The van der Waals surface area contributed by atoms with Crippen LogP contribution < -0.4 is 9.47 Å². The fourth-order valence-corrected chi connectivity index (χ4v) is 4.80. The van der Waals surface area contributed by atoms with Crippen molar-refractivity contribution in [2.75, 3.05) is 6.61 Å². The summed E-state index contributed by atoms with van der Waals surface area (Å²) in [6, 6.07) is 3.20. The zero-order valence-electron chi connectivity index (χ0n) is 16.4. The van der Waals surface area contributed by atoms with Crippen molar-refractivity contribution in [2.24, 2.45) is 28.8 Å². The molecule has 5 atom stereocenters. The molecule has 2 aliphatic carbocycles. The molecule has 1 saturated carbocycles. The van der Waals surface area contributed by atoms with E-state index in [9.17, 15) is 14.4 Å². The molecule has 2 amide bonds. The number of carboxylic acids is 1. The number of carbonyl (C=O) groups excluding carboxylic acids is 2. The van der Waals surface area contributed by atoms with Crippen LogP contribution in [0.15, 0.2) is 33.9 Å². The molecule has 0 spiro atoms. The van der Waals surface area contributed by atoms with Crippen molar-refractivity contribution in [2.45, 2.75) is 26.4 Å². The normalized spacial score (nSPS) is 27.8. The summed E-state index contributed by atoms with van der Waals surface area (Å²) in [6.07, 6.45) is 5.30. The molecule has 158 valence electrons. The highest BCUT2D eigenvalue weighted by Gasteiger charge is 2.59. The monoisotopic (exact) mass is 476 g/mol. The number of nitrogens with zero attached hydrogens (tertiary/aromatic N) is 2. The summed E-state index contributed by atoms with van der Waals surface area (Å²) in [5.41, 5.74) is 0.563. The van der Waals surface area contributed by atoms with Crippen LogP contribution in [0.1, 0.15) is 25.8 Å². The van der Waals surface area contributed by atoms with E-state index in [0.717, 1.165) is 11.4 Å². The SMILES string of the molecule is CCOc1cc(C=NN2C(=O)[C@@H]3[C@H](C2=O)[C@H]2C=C[C@H]3C2)c(Br)cc1O[C@H](C)C(=O)O. The van der Waals surface area contributed by atoms with E-state index in [1.807, 2.05) is 12.2 Å². The second-order valence-corrected chi connectivity index (χ2v) is 8.44. The van der Waals surface area contributed by atoms with Crippen molar-refractivity contribution in [3.63, 3.8) is 0 Å². The molecule has 1 heterocycles. The molecule has 1 aromatic rings. The van der Waals surface area contributed by atoms with Gasteiger partial charge in [0, 0.05) is 10.0 Å². The molecule has 8 nitrogen and oxygen atoms in total. The number of carbonyl (C=O) groups is 3. The van der Waals surface area contributed by atoms with Crippen LogP contribution in [0.4, 0.5) is 0 Å². The number of hydrogen-bond acceptors (Lipinski definition) is 6. The number of allylic oxidation sites excluding steroid dienone is 2. The average Bonchev–Trinajstić information content (AvgIpc) is 3.37. The van der Waals surface area contributed by atoms with Gasteiger partial charge in [-0.1, -0.05) is 12.2 Å². The van der Waals surface area contributed by atoms with E-state index < -0.39 is 12.1 Å². The number of benzene rings is 1. The van der Waals surface area contributed by atoms with E-state index in [2.05, 4.69) is 21.0 Å². The lowest BCUT2D eigenvalue weighted by atomic mass is 9.85. The summed E-state index contributed by atoms with van der Waals surface area (Å²) in [5, 5.41) is 14.2. The molecule has 0 aromatic heterocycles. The lowest BCUT2D eigenvalue weighted by molar-refractivity contribution is -0.144. The van der Waals surface area contributed by atoms with Crippen LogP contribution in [0, 0.1) is 23.7 Å². The summed E-state index contributed by atoms with van der Waals surface area (Å²) < 4.78 is 11.6. The standard InChI is InChI=1S/C21H21BrN2O6/c1-3-29-15-7-13(14(22)8-16(15)30-10(2)21(27)28)9-23-24-19(25)17-11-4-5-12(6-11)18(17)20(24)26/h4-5,7-12,17-18H,3,6H2,1-2H3,(H,27,28)/t10-,11+,12+,17-,18+/m1/s1. The average molecular weight is 477 g/mol. The smallest absolute Gasteiger partial charge is 0.344 e. The first kappa shape index (κ1) is 20.6. The Morgan fingerprint density at radius 3 is 2.47 bits per heavy atom. The number of hydrazone groups is 1. The minimum atomic E-state index is -1.10. The first-order chi connectivity index (χ1) is 14.3. The Balaban J connectivity index is 1.58. The van der Waals surface area contributed by atoms with Gasteiger partial charge in [-0.25, -0.2) is 4.79 Å². The predicted octanol–water partition coefficient (Wildman–Crippen LogP) is 2.84. The number of amides is 2. The van der Waals surface area contributed by atoms with Gasteiger partial charge >= 0.3 is 5.97 Å². The third-order valence-corrected chi connectivity index (χ3v) is 6.46. The number of ether oxygens (including phenoxy) is 2. The quantitative estimate of drug-likeness (QED) is 0.368. The van der Waals surface area contributed by atoms with Gasteiger partial charge in [0.15, 0.2) is 17.6 Å². The Labute approximate surface area is 181 Å². The van der Waals surface area contributed by atoms with E-state index in [4.69, 9.17) is 14.6 Å². The van der Waals surface area contributed by atoms with Gasteiger partial charge in [-0.3, -0.25) is 9.59 Å². The molecule has 1 aromatic carbocycles. The van der Waals surface area contributed by atoms with Crippen LogP contribution in [0.25, 0.3) is 0 Å². The van der Waals surface area contributed by atoms with Gasteiger partial charge in [0.25, 0.3) is 11.8 Å². The Kier molecular flexibility index (Phi) is 5.40. The van der Waals surface area contributed by atoms with Gasteiger partial charge in [-0.15, -0.1) is 0 Å². The molecule has 0 unspecified atom stereocenters. The third kappa shape index (κ3) is 3.40. The van der Waals surface area contributed by atoms with E-state index in [0.29, 0.717) is 22.4 Å². The highest BCUT2D eigenvalue weighted by molar-refractivity contribution is 9.10. The molecular weight excluding hydrogens is 456 g/mol. The van der Waals surface area contributed by atoms with Crippen molar-refractivity contribution >= 4 is 39.9 Å². The number of halogens is 1. The maximum Gasteiger partial charge on any atom is 0.344 e. The second-order valence-electron chi connectivity index (χ2n) is 7.58. The first-order valence-corrected chi connectivity index (χ1v) is 10.6. The molecule has 1 aliphatic heterocycles. The van der Waals surface area contributed by atoms with Crippen LogP contribution in [0.3, 0.4) is 0 Å². The highest BCUT2D eigenvalue weighted by Crippen LogP contribution is 2.52. The minimum absolute atomic E-state index is 0.126. The molecule has 0 radical (unpaired) electrons. The Hall–Kier alpha value is -2.68. The van der Waals surface area contributed by atoms with Crippen LogP contribution in [-0.4, -0.2) is 46.8 Å². The van der Waals surface area contributed by atoms with Crippen molar-refractivity contribution in [1.82, 2.24) is 5.01 Å². The van der Waals surface area contributed by atoms with Crippen LogP contribution in [0.2, 0.25) is 0 Å². The molecule has 1 saturated heterocycles. The summed E-state index contributed by atoms with van der Waals surface area (Å²) in [4.78, 5) is 36.6. The molecule has 9 heteroatoms. The van der Waals surface area contributed by atoms with Crippen molar-refractivity contribution in [3.8, 4) is 11.5 Å². The highest BCUT2D eigenvalue weighted by atomic mass is 79.9. The van der Waals surface area contributed by atoms with Gasteiger partial charge in [-0.05, 0) is 60.2 Å². The zero-order valence-corrected chi connectivity index (χ0v) is 18.0. The van der Waals surface area contributed by atoms with Crippen LogP contribution in [-0.2, 0) is 14.4 Å². The van der Waals surface area contributed by atoms with Gasteiger partial charge < -0.3 is 14.6 Å². The van der Waals surface area contributed by atoms with E-state index in [-0.39, 0.29) is 41.2 Å². The van der Waals surface area contributed by atoms with Gasteiger partial charge in [0.05, 0.1) is 24.7 Å². The Bertz CT molecular complexity index is 944. The third-order valence-electron chi connectivity index (χ3n) is 5.77. The fourth-order valence-electron chi connectivity index (χ4n) is 4.37. The van der Waals surface area contributed by atoms with E-state index in [1.54, 1.807) is 19.1 Å². The number of fused-ring (bicyclic) bond motifs is 5. The van der Waals surface area contributed by atoms with Crippen molar-refractivity contribution in [3.05, 3.63) is 34.3 Å². The van der Waals surface area contributed by atoms with Gasteiger partial charge in [0.2, 0.25) is 0 Å². The van der Waals surface area contributed by atoms with Gasteiger partial charge in [0.1, 0.15) is 0 Å². The largest absolute Gasteiger partial charge is 0.490 e. The number of hydrogen-bond donors (Lipinski definition) is 1. The Morgan fingerprint density at radius 2 is 1.90 bits per heavy atom. The predicted molar refractivity (Wildman–Crippen MR) is 110 cm³/mol. The second kappa shape index (κ2) is 7.86. The number of imide groups is 1. The molecule has 3 aliphatic rings. The topological polar surface area (TPSA) is 106 Å². The van der Waals surface area contributed by atoms with Crippen LogP contribution >= 0.6 is 15.9 Å². The Morgan fingerprint density at radius 1 is 1.27 bits per heavy atom. The first-order valence-electron chi connectivity index (χ1n) is 9.77. The molecule has 4 rings (SSSR count). The molecular formula is C21H21BrN2O6. The van der Waals surface area contributed by atoms with Crippen molar-refractivity contribution in [1.29, 1.82) is 0 Å². The molecule has 1 N–H and O–H groups in total. The van der Waals surface area contributed by atoms with E-state index in [1.165, 1.54) is 13.1 Å². The minimum Gasteiger partial charge on any atom is -0.490 e.